The Morgan fingerprint density at radius 3 is 2.35 bits per heavy atom. The molecule has 0 aliphatic rings. The molecule has 0 saturated carbocycles. The SMILES string of the molecule is Cc1nn(-c2ccc(C(=O)O)nn2)c(C)c1C. The first-order valence-corrected chi connectivity index (χ1v) is 5.11. The van der Waals surface area contributed by atoms with Crippen LogP contribution in [-0.2, 0) is 0 Å². The van der Waals surface area contributed by atoms with Crippen molar-refractivity contribution in [2.45, 2.75) is 20.8 Å². The molecule has 17 heavy (non-hydrogen) atoms. The van der Waals surface area contributed by atoms with Crippen LogP contribution in [-0.4, -0.2) is 31.1 Å². The van der Waals surface area contributed by atoms with Crippen LogP contribution in [0.4, 0.5) is 0 Å². The van der Waals surface area contributed by atoms with Gasteiger partial charge in [0.1, 0.15) is 0 Å². The van der Waals surface area contributed by atoms with Crippen LogP contribution in [0.15, 0.2) is 12.1 Å². The molecule has 0 aliphatic heterocycles. The Morgan fingerprint density at radius 2 is 1.94 bits per heavy atom. The van der Waals surface area contributed by atoms with E-state index in [1.54, 1.807) is 10.7 Å². The van der Waals surface area contributed by atoms with Crippen molar-refractivity contribution >= 4 is 5.97 Å². The van der Waals surface area contributed by atoms with Gasteiger partial charge in [-0.15, -0.1) is 10.2 Å². The largest absolute Gasteiger partial charge is 0.476 e. The number of rotatable bonds is 2. The minimum absolute atomic E-state index is 0.0768. The van der Waals surface area contributed by atoms with Gasteiger partial charge in [0.25, 0.3) is 0 Å². The topological polar surface area (TPSA) is 80.9 Å². The Labute approximate surface area is 97.9 Å². The molecule has 0 aliphatic carbocycles. The molecule has 0 radical (unpaired) electrons. The highest BCUT2D eigenvalue weighted by atomic mass is 16.4. The highest BCUT2D eigenvalue weighted by Crippen LogP contribution is 2.14. The van der Waals surface area contributed by atoms with Crippen LogP contribution in [0.1, 0.15) is 27.4 Å². The summed E-state index contributed by atoms with van der Waals surface area (Å²) in [4.78, 5) is 10.6. The zero-order chi connectivity index (χ0) is 12.6. The van der Waals surface area contributed by atoms with E-state index in [0.717, 1.165) is 17.0 Å². The van der Waals surface area contributed by atoms with Crippen molar-refractivity contribution in [3.8, 4) is 5.82 Å². The average molecular weight is 232 g/mol. The number of aromatic carboxylic acids is 1. The van der Waals surface area contributed by atoms with Crippen LogP contribution in [0.5, 0.6) is 0 Å². The van der Waals surface area contributed by atoms with Gasteiger partial charge >= 0.3 is 5.97 Å². The van der Waals surface area contributed by atoms with Gasteiger partial charge in [-0.2, -0.15) is 5.10 Å². The van der Waals surface area contributed by atoms with E-state index in [1.807, 2.05) is 20.8 Å². The number of carboxylic acids is 1. The molecule has 0 aromatic carbocycles. The molecule has 0 saturated heterocycles. The maximum absolute atomic E-state index is 10.6. The van der Waals surface area contributed by atoms with Crippen LogP contribution in [0.2, 0.25) is 0 Å². The van der Waals surface area contributed by atoms with E-state index in [4.69, 9.17) is 5.11 Å². The summed E-state index contributed by atoms with van der Waals surface area (Å²) in [7, 11) is 0. The lowest BCUT2D eigenvalue weighted by Crippen LogP contribution is -2.07. The number of hydrogen-bond acceptors (Lipinski definition) is 4. The molecular weight excluding hydrogens is 220 g/mol. The zero-order valence-corrected chi connectivity index (χ0v) is 9.80. The Morgan fingerprint density at radius 1 is 1.24 bits per heavy atom. The third-order valence-corrected chi connectivity index (χ3v) is 2.74. The maximum atomic E-state index is 10.6. The number of aryl methyl sites for hydroxylation is 1. The van der Waals surface area contributed by atoms with E-state index in [1.165, 1.54) is 6.07 Å². The van der Waals surface area contributed by atoms with Crippen LogP contribution < -0.4 is 0 Å². The standard InChI is InChI=1S/C11H12N4O2/c1-6-7(2)14-15(8(6)3)10-5-4-9(11(16)17)12-13-10/h4-5H,1-3H3,(H,16,17). The fourth-order valence-electron chi connectivity index (χ4n) is 1.50. The van der Waals surface area contributed by atoms with Gasteiger partial charge in [-0.3, -0.25) is 0 Å². The summed E-state index contributed by atoms with van der Waals surface area (Å²) in [6.07, 6.45) is 0. The molecule has 2 heterocycles. The highest BCUT2D eigenvalue weighted by molar-refractivity contribution is 5.85. The van der Waals surface area contributed by atoms with Crippen molar-refractivity contribution in [1.82, 2.24) is 20.0 Å². The third-order valence-electron chi connectivity index (χ3n) is 2.74. The second-order valence-electron chi connectivity index (χ2n) is 3.79. The first-order valence-electron chi connectivity index (χ1n) is 5.11. The lowest BCUT2D eigenvalue weighted by Gasteiger charge is -2.02. The van der Waals surface area contributed by atoms with E-state index < -0.39 is 5.97 Å². The average Bonchev–Trinajstić information content (AvgIpc) is 2.57. The molecule has 0 atom stereocenters. The minimum Gasteiger partial charge on any atom is -0.476 e. The van der Waals surface area contributed by atoms with E-state index >= 15 is 0 Å². The van der Waals surface area contributed by atoms with Crippen LogP contribution >= 0.6 is 0 Å². The maximum Gasteiger partial charge on any atom is 0.356 e. The molecule has 1 N–H and O–H groups in total. The van der Waals surface area contributed by atoms with Gasteiger partial charge in [0, 0.05) is 5.69 Å². The van der Waals surface area contributed by atoms with Gasteiger partial charge in [0.2, 0.25) is 0 Å². The first-order chi connectivity index (χ1) is 8.00. The molecule has 2 aromatic heterocycles. The second-order valence-corrected chi connectivity index (χ2v) is 3.79. The molecule has 6 nitrogen and oxygen atoms in total. The predicted octanol–water partition coefficient (Wildman–Crippen LogP) is 1.29. The highest BCUT2D eigenvalue weighted by Gasteiger charge is 2.11. The molecule has 6 heteroatoms. The predicted molar refractivity (Wildman–Crippen MR) is 60.3 cm³/mol. The second kappa shape index (κ2) is 3.97. The Hall–Kier alpha value is -2.24. The van der Waals surface area contributed by atoms with Gasteiger partial charge in [-0.25, -0.2) is 9.48 Å². The van der Waals surface area contributed by atoms with E-state index in [9.17, 15) is 4.79 Å². The smallest absolute Gasteiger partial charge is 0.356 e. The summed E-state index contributed by atoms with van der Waals surface area (Å²) in [5, 5.41) is 20.5. The van der Waals surface area contributed by atoms with Gasteiger partial charge in [-0.1, -0.05) is 0 Å². The molecule has 88 valence electrons. The van der Waals surface area contributed by atoms with Crippen molar-refractivity contribution in [3.05, 3.63) is 34.8 Å². The summed E-state index contributed by atoms with van der Waals surface area (Å²) >= 11 is 0. The van der Waals surface area contributed by atoms with Gasteiger partial charge in [0.05, 0.1) is 5.69 Å². The molecule has 0 amide bonds. The number of nitrogens with zero attached hydrogens (tertiary/aromatic N) is 4. The van der Waals surface area contributed by atoms with Gasteiger partial charge < -0.3 is 5.11 Å². The van der Waals surface area contributed by atoms with Gasteiger partial charge in [-0.05, 0) is 38.5 Å². The lowest BCUT2D eigenvalue weighted by atomic mass is 10.2. The fraction of sp³-hybridized carbons (Fsp3) is 0.273. The third kappa shape index (κ3) is 1.89. The number of hydrogen-bond donors (Lipinski definition) is 1. The van der Waals surface area contributed by atoms with Crippen LogP contribution in [0.25, 0.3) is 5.82 Å². The number of aromatic nitrogens is 4. The fourth-order valence-corrected chi connectivity index (χ4v) is 1.50. The molecule has 0 unspecified atom stereocenters. The normalized spacial score (nSPS) is 10.5. The Bertz CT molecular complexity index is 572. The molecule has 2 aromatic rings. The van der Waals surface area contributed by atoms with E-state index in [0.29, 0.717) is 5.82 Å². The van der Waals surface area contributed by atoms with Crippen LogP contribution in [0, 0.1) is 20.8 Å². The number of carboxylic acid groups (broad SMARTS) is 1. The monoisotopic (exact) mass is 232 g/mol. The van der Waals surface area contributed by atoms with Crippen molar-refractivity contribution in [2.24, 2.45) is 0 Å². The summed E-state index contributed by atoms with van der Waals surface area (Å²) in [5.74, 6) is -0.572. The summed E-state index contributed by atoms with van der Waals surface area (Å²) in [5.41, 5.74) is 2.91. The summed E-state index contributed by atoms with van der Waals surface area (Å²) < 4.78 is 1.66. The Balaban J connectivity index is 2.47. The van der Waals surface area contributed by atoms with Gasteiger partial charge in [0.15, 0.2) is 11.5 Å². The minimum atomic E-state index is -1.09. The van der Waals surface area contributed by atoms with Crippen molar-refractivity contribution in [1.29, 1.82) is 0 Å². The summed E-state index contributed by atoms with van der Waals surface area (Å²) in [6, 6.07) is 3.01. The Kier molecular flexibility index (Phi) is 2.63. The molecule has 0 fully saturated rings. The zero-order valence-electron chi connectivity index (χ0n) is 9.80. The van der Waals surface area contributed by atoms with Crippen LogP contribution in [0.3, 0.4) is 0 Å². The molecular formula is C11H12N4O2. The number of carbonyl (C=O) groups is 1. The van der Waals surface area contributed by atoms with Crippen molar-refractivity contribution in [2.75, 3.05) is 0 Å². The summed E-state index contributed by atoms with van der Waals surface area (Å²) in [6.45, 7) is 5.83. The van der Waals surface area contributed by atoms with Crippen molar-refractivity contribution in [3.63, 3.8) is 0 Å². The quantitative estimate of drug-likeness (QED) is 0.843. The lowest BCUT2D eigenvalue weighted by molar-refractivity contribution is 0.0689. The van der Waals surface area contributed by atoms with E-state index in [2.05, 4.69) is 15.3 Å². The van der Waals surface area contributed by atoms with E-state index in [-0.39, 0.29) is 5.69 Å². The molecule has 2 rings (SSSR count). The molecule has 0 bridgehead atoms. The first kappa shape index (κ1) is 11.3. The molecule has 0 spiro atoms. The van der Waals surface area contributed by atoms with Crippen molar-refractivity contribution < 1.29 is 9.90 Å².